The second-order valence-corrected chi connectivity index (χ2v) is 3.38. The van der Waals surface area contributed by atoms with Crippen molar-refractivity contribution in [1.82, 2.24) is 0 Å². The van der Waals surface area contributed by atoms with E-state index in [0.717, 1.165) is 12.1 Å². The highest BCUT2D eigenvalue weighted by Gasteiger charge is 2.18. The van der Waals surface area contributed by atoms with Crippen LogP contribution < -0.4 is 5.73 Å². The number of halogens is 2. The molecule has 0 spiro atoms. The first-order chi connectivity index (χ1) is 6.97. The third kappa shape index (κ3) is 2.37. The number of anilines is 1. The SMILES string of the molecule is Nc1cc([N+](=O)[O-])cc(Cl)c1C(=O)CCl. The van der Waals surface area contributed by atoms with Gasteiger partial charge in [0.2, 0.25) is 0 Å². The van der Waals surface area contributed by atoms with Crippen molar-refractivity contribution in [2.75, 3.05) is 11.6 Å². The van der Waals surface area contributed by atoms with Gasteiger partial charge in [-0.05, 0) is 0 Å². The number of ketones is 1. The predicted octanol–water partition coefficient (Wildman–Crippen LogP) is 2.25. The molecule has 0 fully saturated rings. The van der Waals surface area contributed by atoms with Crippen molar-refractivity contribution in [3.8, 4) is 0 Å². The summed E-state index contributed by atoms with van der Waals surface area (Å²) in [6.45, 7) is 0. The summed E-state index contributed by atoms with van der Waals surface area (Å²) in [5.41, 5.74) is 5.19. The van der Waals surface area contributed by atoms with Crippen LogP contribution in [-0.2, 0) is 0 Å². The van der Waals surface area contributed by atoms with Crippen LogP contribution in [0.4, 0.5) is 11.4 Å². The van der Waals surface area contributed by atoms with Gasteiger partial charge in [0.15, 0.2) is 5.78 Å². The Morgan fingerprint density at radius 1 is 1.53 bits per heavy atom. The number of carbonyl (C=O) groups is 1. The van der Waals surface area contributed by atoms with E-state index in [9.17, 15) is 14.9 Å². The molecule has 1 aromatic rings. The molecule has 0 amide bonds. The molecular weight excluding hydrogens is 243 g/mol. The van der Waals surface area contributed by atoms with Gasteiger partial charge in [0.1, 0.15) is 0 Å². The number of nitrogen functional groups attached to an aromatic ring is 1. The van der Waals surface area contributed by atoms with E-state index >= 15 is 0 Å². The number of nitro benzene ring substituents is 1. The van der Waals surface area contributed by atoms with E-state index in [-0.39, 0.29) is 27.8 Å². The second-order valence-electron chi connectivity index (χ2n) is 2.71. The highest BCUT2D eigenvalue weighted by atomic mass is 35.5. The van der Waals surface area contributed by atoms with Crippen molar-refractivity contribution >= 4 is 40.4 Å². The number of nitrogens with two attached hydrogens (primary N) is 1. The number of hydrogen-bond acceptors (Lipinski definition) is 4. The molecule has 5 nitrogen and oxygen atoms in total. The quantitative estimate of drug-likeness (QED) is 0.292. The topological polar surface area (TPSA) is 86.2 Å². The van der Waals surface area contributed by atoms with E-state index in [2.05, 4.69) is 0 Å². The summed E-state index contributed by atoms with van der Waals surface area (Å²) in [6, 6.07) is 2.14. The molecule has 0 atom stereocenters. The molecule has 0 saturated carbocycles. The van der Waals surface area contributed by atoms with Crippen molar-refractivity contribution in [3.63, 3.8) is 0 Å². The lowest BCUT2D eigenvalue weighted by Gasteiger charge is -2.04. The molecule has 0 aromatic heterocycles. The average molecular weight is 249 g/mol. The van der Waals surface area contributed by atoms with Gasteiger partial charge in [-0.2, -0.15) is 0 Å². The molecule has 0 bridgehead atoms. The van der Waals surface area contributed by atoms with Crippen LogP contribution in [0.2, 0.25) is 5.02 Å². The molecule has 0 aliphatic heterocycles. The van der Waals surface area contributed by atoms with E-state index in [1.54, 1.807) is 0 Å². The van der Waals surface area contributed by atoms with Gasteiger partial charge in [-0.3, -0.25) is 14.9 Å². The van der Waals surface area contributed by atoms with Crippen LogP contribution in [0.25, 0.3) is 0 Å². The molecule has 0 saturated heterocycles. The van der Waals surface area contributed by atoms with Gasteiger partial charge in [0.25, 0.3) is 5.69 Å². The number of nitrogens with zero attached hydrogens (tertiary/aromatic N) is 1. The lowest BCUT2D eigenvalue weighted by Crippen LogP contribution is -2.06. The lowest BCUT2D eigenvalue weighted by molar-refractivity contribution is -0.384. The van der Waals surface area contributed by atoms with Gasteiger partial charge in [-0.15, -0.1) is 11.6 Å². The summed E-state index contributed by atoms with van der Waals surface area (Å²) in [5.74, 6) is -0.740. The molecule has 1 rings (SSSR count). The Morgan fingerprint density at radius 2 is 2.13 bits per heavy atom. The summed E-state index contributed by atoms with van der Waals surface area (Å²) in [7, 11) is 0. The first-order valence-corrected chi connectivity index (χ1v) is 4.71. The number of nitro groups is 1. The zero-order chi connectivity index (χ0) is 11.6. The minimum atomic E-state index is -0.642. The van der Waals surface area contributed by atoms with E-state index in [1.807, 2.05) is 0 Å². The number of rotatable bonds is 3. The van der Waals surface area contributed by atoms with Crippen LogP contribution in [0.5, 0.6) is 0 Å². The van der Waals surface area contributed by atoms with Gasteiger partial charge in [-0.1, -0.05) is 11.6 Å². The molecule has 2 N–H and O–H groups in total. The number of alkyl halides is 1. The molecule has 0 aliphatic carbocycles. The minimum absolute atomic E-state index is 0.0252. The summed E-state index contributed by atoms with van der Waals surface area (Å²) in [4.78, 5) is 21.1. The average Bonchev–Trinajstić information content (AvgIpc) is 2.16. The van der Waals surface area contributed by atoms with Crippen LogP contribution in [0.3, 0.4) is 0 Å². The molecule has 15 heavy (non-hydrogen) atoms. The Bertz CT molecular complexity index is 411. The fourth-order valence-corrected chi connectivity index (χ4v) is 1.54. The maximum absolute atomic E-state index is 11.3. The van der Waals surface area contributed by atoms with Gasteiger partial charge >= 0.3 is 0 Å². The number of Topliss-reactive ketones (excluding diaryl/α,β-unsaturated/α-hetero) is 1. The monoisotopic (exact) mass is 248 g/mol. The largest absolute Gasteiger partial charge is 0.398 e. The highest BCUT2D eigenvalue weighted by molar-refractivity contribution is 6.38. The number of hydrogen-bond donors (Lipinski definition) is 1. The Balaban J connectivity index is 3.33. The number of benzene rings is 1. The predicted molar refractivity (Wildman–Crippen MR) is 57.6 cm³/mol. The van der Waals surface area contributed by atoms with Crippen molar-refractivity contribution in [1.29, 1.82) is 0 Å². The van der Waals surface area contributed by atoms with Crippen molar-refractivity contribution in [2.45, 2.75) is 0 Å². The summed E-state index contributed by atoms with van der Waals surface area (Å²) >= 11 is 11.0. The third-order valence-electron chi connectivity index (χ3n) is 1.72. The molecule has 80 valence electrons. The van der Waals surface area contributed by atoms with Crippen molar-refractivity contribution in [2.24, 2.45) is 0 Å². The zero-order valence-corrected chi connectivity index (χ0v) is 8.88. The van der Waals surface area contributed by atoms with E-state index in [0.29, 0.717) is 0 Å². The second kappa shape index (κ2) is 4.46. The molecule has 0 aliphatic rings. The van der Waals surface area contributed by atoms with Crippen LogP contribution in [0.15, 0.2) is 12.1 Å². The Hall–Kier alpha value is -1.33. The fraction of sp³-hybridized carbons (Fsp3) is 0.125. The molecular formula is C8H6Cl2N2O3. The van der Waals surface area contributed by atoms with Gasteiger partial charge in [-0.25, -0.2) is 0 Å². The molecule has 0 heterocycles. The summed E-state index contributed by atoms with van der Waals surface area (Å²) in [6.07, 6.45) is 0. The van der Waals surface area contributed by atoms with Crippen LogP contribution in [0.1, 0.15) is 10.4 Å². The maximum atomic E-state index is 11.3. The van der Waals surface area contributed by atoms with Gasteiger partial charge in [0, 0.05) is 12.1 Å². The first kappa shape index (κ1) is 11.7. The highest BCUT2D eigenvalue weighted by Crippen LogP contribution is 2.28. The maximum Gasteiger partial charge on any atom is 0.273 e. The van der Waals surface area contributed by atoms with Gasteiger partial charge in [0.05, 0.1) is 27.1 Å². The lowest BCUT2D eigenvalue weighted by atomic mass is 10.1. The van der Waals surface area contributed by atoms with Crippen molar-refractivity contribution in [3.05, 3.63) is 32.8 Å². The molecule has 1 aromatic carbocycles. The van der Waals surface area contributed by atoms with Crippen LogP contribution in [-0.4, -0.2) is 16.6 Å². The number of non-ortho nitro benzene ring substituents is 1. The Morgan fingerprint density at radius 3 is 2.53 bits per heavy atom. The normalized spacial score (nSPS) is 10.0. The van der Waals surface area contributed by atoms with E-state index in [4.69, 9.17) is 28.9 Å². The van der Waals surface area contributed by atoms with Crippen molar-refractivity contribution < 1.29 is 9.72 Å². The Labute approximate surface area is 94.9 Å². The third-order valence-corrected chi connectivity index (χ3v) is 2.26. The first-order valence-electron chi connectivity index (χ1n) is 3.80. The Kier molecular flexibility index (Phi) is 3.49. The molecule has 0 radical (unpaired) electrons. The van der Waals surface area contributed by atoms with Crippen LogP contribution in [0, 0.1) is 10.1 Å². The van der Waals surface area contributed by atoms with Crippen LogP contribution >= 0.6 is 23.2 Å². The zero-order valence-electron chi connectivity index (χ0n) is 7.37. The summed E-state index contributed by atoms with van der Waals surface area (Å²) in [5, 5.41) is 10.4. The number of carbonyl (C=O) groups excluding carboxylic acids is 1. The van der Waals surface area contributed by atoms with Gasteiger partial charge < -0.3 is 5.73 Å². The summed E-state index contributed by atoms with van der Waals surface area (Å²) < 4.78 is 0. The standard InChI is InChI=1S/C8H6Cl2N2O3/c9-3-7(13)8-5(10)1-4(12(14)15)2-6(8)11/h1-2H,3,11H2. The molecule has 0 unspecified atom stereocenters. The van der Waals surface area contributed by atoms with E-state index < -0.39 is 10.7 Å². The molecule has 7 heteroatoms. The minimum Gasteiger partial charge on any atom is -0.398 e. The smallest absolute Gasteiger partial charge is 0.273 e. The van der Waals surface area contributed by atoms with E-state index in [1.165, 1.54) is 0 Å². The fourth-order valence-electron chi connectivity index (χ4n) is 1.08.